The van der Waals surface area contributed by atoms with Gasteiger partial charge in [-0.05, 0) is 12.1 Å². The van der Waals surface area contributed by atoms with Crippen molar-refractivity contribution >= 4 is 22.7 Å². The maximum Gasteiger partial charge on any atom is 0.142 e. The fraction of sp³-hybridized carbons (Fsp3) is 0.455. The van der Waals surface area contributed by atoms with E-state index in [0.717, 1.165) is 19.6 Å². The van der Waals surface area contributed by atoms with E-state index in [1.165, 1.54) is 5.69 Å². The lowest BCUT2D eigenvalue weighted by molar-refractivity contribution is 0.0881. The number of halogens is 1. The van der Waals surface area contributed by atoms with Crippen LogP contribution in [0, 0.1) is 0 Å². The van der Waals surface area contributed by atoms with Crippen molar-refractivity contribution in [2.75, 3.05) is 31.6 Å². The number of methoxy groups -OCH3 is 1. The van der Waals surface area contributed by atoms with E-state index in [1.54, 1.807) is 7.11 Å². The average Bonchev–Trinajstić information content (AvgIpc) is 2.30. The Morgan fingerprint density at radius 2 is 2.07 bits per heavy atom. The van der Waals surface area contributed by atoms with Crippen molar-refractivity contribution in [1.29, 1.82) is 0 Å². The van der Waals surface area contributed by atoms with Crippen molar-refractivity contribution in [3.63, 3.8) is 0 Å². The summed E-state index contributed by atoms with van der Waals surface area (Å²) in [6.07, 6.45) is 0.158. The van der Waals surface area contributed by atoms with Crippen molar-refractivity contribution in [2.45, 2.75) is 6.23 Å². The van der Waals surface area contributed by atoms with Crippen LogP contribution in [0.3, 0.4) is 0 Å². The maximum absolute atomic E-state index is 5.42. The van der Waals surface area contributed by atoms with Crippen molar-refractivity contribution in [3.05, 3.63) is 30.3 Å². The second-order valence-electron chi connectivity index (χ2n) is 3.42. The van der Waals surface area contributed by atoms with Gasteiger partial charge in [0.15, 0.2) is 0 Å². The molecule has 0 bridgehead atoms. The lowest BCUT2D eigenvalue weighted by Gasteiger charge is -2.36. The first-order valence-electron chi connectivity index (χ1n) is 4.97. The summed E-state index contributed by atoms with van der Waals surface area (Å²) < 4.78 is 5.42. The lowest BCUT2D eigenvalue weighted by atomic mass is 10.2. The summed E-state index contributed by atoms with van der Waals surface area (Å²) in [5.74, 6) is 0. The molecule has 0 radical (unpaired) electrons. The molecule has 1 saturated heterocycles. The molecule has 1 fully saturated rings. The summed E-state index contributed by atoms with van der Waals surface area (Å²) in [4.78, 5) is 2.29. The van der Waals surface area contributed by atoms with E-state index < -0.39 is 0 Å². The molecule has 0 spiro atoms. The molecule has 4 heteroatoms. The topological polar surface area (TPSA) is 24.5 Å². The Labute approximate surface area is 101 Å². The molecule has 0 aromatic heterocycles. The summed E-state index contributed by atoms with van der Waals surface area (Å²) in [6, 6.07) is 10.4. The summed E-state index contributed by atoms with van der Waals surface area (Å²) in [6.45, 7) is 2.92. The van der Waals surface area contributed by atoms with Crippen LogP contribution in [0.1, 0.15) is 0 Å². The van der Waals surface area contributed by atoms with Crippen molar-refractivity contribution in [3.8, 4) is 0 Å². The normalized spacial score (nSPS) is 20.9. The van der Waals surface area contributed by atoms with E-state index in [-0.39, 0.29) is 23.2 Å². The molecule has 1 aromatic rings. The Morgan fingerprint density at radius 3 is 2.73 bits per heavy atom. The number of hydrogen-bond donors (Lipinski definition) is 1. The third kappa shape index (κ3) is 2.93. The highest BCUT2D eigenvalue weighted by Gasteiger charge is 2.21. The highest BCUT2D eigenvalue weighted by atomic mass is 79.9. The molecule has 84 valence electrons. The molecule has 1 N–H and O–H groups in total. The number of nitrogens with zero attached hydrogens (tertiary/aromatic N) is 1. The third-order valence-corrected chi connectivity index (χ3v) is 2.56. The highest BCUT2D eigenvalue weighted by Crippen LogP contribution is 2.17. The summed E-state index contributed by atoms with van der Waals surface area (Å²) in [5, 5.41) is 3.32. The summed E-state index contributed by atoms with van der Waals surface area (Å²) >= 11 is 0. The molecule has 3 nitrogen and oxygen atoms in total. The van der Waals surface area contributed by atoms with Crippen LogP contribution in [0.5, 0.6) is 0 Å². The Balaban J connectivity index is 0.00000112. The number of para-hydroxylation sites is 1. The fourth-order valence-electron chi connectivity index (χ4n) is 1.80. The van der Waals surface area contributed by atoms with E-state index >= 15 is 0 Å². The Kier molecular flexibility index (Phi) is 5.08. The van der Waals surface area contributed by atoms with E-state index in [2.05, 4.69) is 34.5 Å². The molecule has 0 saturated carbocycles. The minimum Gasteiger partial charge on any atom is -0.360 e. The van der Waals surface area contributed by atoms with Crippen LogP contribution in [-0.4, -0.2) is 33.0 Å². The third-order valence-electron chi connectivity index (χ3n) is 2.56. The highest BCUT2D eigenvalue weighted by molar-refractivity contribution is 8.93. The maximum atomic E-state index is 5.42. The number of nitrogens with one attached hydrogen (secondary N) is 1. The molecule has 15 heavy (non-hydrogen) atoms. The first-order chi connectivity index (χ1) is 6.92. The molecule has 1 aliphatic heterocycles. The van der Waals surface area contributed by atoms with Gasteiger partial charge >= 0.3 is 0 Å². The first-order valence-corrected chi connectivity index (χ1v) is 4.97. The molecule has 1 aliphatic rings. The van der Waals surface area contributed by atoms with Crippen LogP contribution in [-0.2, 0) is 4.74 Å². The summed E-state index contributed by atoms with van der Waals surface area (Å²) in [5.41, 5.74) is 1.24. The van der Waals surface area contributed by atoms with Gasteiger partial charge in [0.1, 0.15) is 6.23 Å². The van der Waals surface area contributed by atoms with Crippen molar-refractivity contribution < 1.29 is 4.74 Å². The van der Waals surface area contributed by atoms with Crippen LogP contribution >= 0.6 is 17.0 Å². The minimum atomic E-state index is 0. The lowest BCUT2D eigenvalue weighted by Crippen LogP contribution is -2.52. The van der Waals surface area contributed by atoms with Gasteiger partial charge in [0.2, 0.25) is 0 Å². The van der Waals surface area contributed by atoms with Crippen LogP contribution in [0.25, 0.3) is 0 Å². The number of hydrogen-bond acceptors (Lipinski definition) is 3. The Bertz CT molecular complexity index is 281. The predicted octanol–water partition coefficient (Wildman–Crippen LogP) is 1.65. The standard InChI is InChI=1S/C11H16N2O.BrH/c1-14-11-9-12-7-8-13(11)10-5-3-2-4-6-10;/h2-6,11-12H,7-9H2,1H3;1H. The fourth-order valence-corrected chi connectivity index (χ4v) is 1.80. The van der Waals surface area contributed by atoms with Gasteiger partial charge in [-0.2, -0.15) is 0 Å². The van der Waals surface area contributed by atoms with Crippen LogP contribution in [0.4, 0.5) is 5.69 Å². The SMILES string of the molecule is Br.COC1CNCCN1c1ccccc1. The quantitative estimate of drug-likeness (QED) is 0.886. The molecule has 0 amide bonds. The molecular formula is C11H17BrN2O. The first kappa shape index (κ1) is 12.5. The Hall–Kier alpha value is -0.580. The molecule has 1 unspecified atom stereocenters. The van der Waals surface area contributed by atoms with Gasteiger partial charge in [0.25, 0.3) is 0 Å². The zero-order chi connectivity index (χ0) is 9.80. The van der Waals surface area contributed by atoms with E-state index in [0.29, 0.717) is 0 Å². The van der Waals surface area contributed by atoms with E-state index in [9.17, 15) is 0 Å². The second kappa shape index (κ2) is 6.10. The zero-order valence-electron chi connectivity index (χ0n) is 8.85. The average molecular weight is 273 g/mol. The molecule has 2 rings (SSSR count). The zero-order valence-corrected chi connectivity index (χ0v) is 10.6. The number of piperazine rings is 1. The van der Waals surface area contributed by atoms with Crippen LogP contribution in [0.15, 0.2) is 30.3 Å². The van der Waals surface area contributed by atoms with Crippen molar-refractivity contribution in [1.82, 2.24) is 5.32 Å². The summed E-state index contributed by atoms with van der Waals surface area (Å²) in [7, 11) is 1.76. The molecule has 1 aromatic carbocycles. The van der Waals surface area contributed by atoms with Crippen LogP contribution in [0.2, 0.25) is 0 Å². The number of benzene rings is 1. The molecular weight excluding hydrogens is 256 g/mol. The smallest absolute Gasteiger partial charge is 0.142 e. The number of rotatable bonds is 2. The van der Waals surface area contributed by atoms with Gasteiger partial charge in [-0.25, -0.2) is 0 Å². The van der Waals surface area contributed by atoms with Crippen molar-refractivity contribution in [2.24, 2.45) is 0 Å². The van der Waals surface area contributed by atoms with E-state index in [4.69, 9.17) is 4.74 Å². The van der Waals surface area contributed by atoms with Gasteiger partial charge in [-0.15, -0.1) is 17.0 Å². The molecule has 1 atom stereocenters. The molecule has 1 heterocycles. The number of ether oxygens (including phenoxy) is 1. The largest absolute Gasteiger partial charge is 0.360 e. The minimum absolute atomic E-state index is 0. The predicted molar refractivity (Wildman–Crippen MR) is 67.8 cm³/mol. The Morgan fingerprint density at radius 1 is 1.33 bits per heavy atom. The molecule has 0 aliphatic carbocycles. The number of anilines is 1. The van der Waals surface area contributed by atoms with Crippen LogP contribution < -0.4 is 10.2 Å². The van der Waals surface area contributed by atoms with Gasteiger partial charge in [-0.3, -0.25) is 0 Å². The van der Waals surface area contributed by atoms with Gasteiger partial charge in [0.05, 0.1) is 0 Å². The van der Waals surface area contributed by atoms with Gasteiger partial charge in [-0.1, -0.05) is 18.2 Å². The van der Waals surface area contributed by atoms with Gasteiger partial charge < -0.3 is 15.0 Å². The second-order valence-corrected chi connectivity index (χ2v) is 3.42. The van der Waals surface area contributed by atoms with E-state index in [1.807, 2.05) is 6.07 Å². The monoisotopic (exact) mass is 272 g/mol. The van der Waals surface area contributed by atoms with Gasteiger partial charge in [0, 0.05) is 32.4 Å².